The zero-order chi connectivity index (χ0) is 14.1. The normalized spacial score (nSPS) is 23.4. The molecule has 0 saturated carbocycles. The first-order valence-corrected chi connectivity index (χ1v) is 7.06. The SMILES string of the molecule is CCOC(=O)C1(CCCCCCO)COCCC1=O. The fraction of sp³-hybridized carbons (Fsp3) is 0.857. The third kappa shape index (κ3) is 4.28. The Bertz CT molecular complexity index is 302. The Morgan fingerprint density at radius 1 is 1.37 bits per heavy atom. The van der Waals surface area contributed by atoms with E-state index in [1.165, 1.54) is 0 Å². The van der Waals surface area contributed by atoms with Gasteiger partial charge in [-0.15, -0.1) is 0 Å². The molecule has 0 radical (unpaired) electrons. The Morgan fingerprint density at radius 3 is 2.74 bits per heavy atom. The molecular weight excluding hydrogens is 248 g/mol. The minimum atomic E-state index is -1.09. The van der Waals surface area contributed by atoms with Crippen molar-refractivity contribution >= 4 is 11.8 Å². The Morgan fingerprint density at radius 2 is 2.11 bits per heavy atom. The minimum absolute atomic E-state index is 0.0561. The van der Waals surface area contributed by atoms with Crippen molar-refractivity contribution < 1.29 is 24.2 Å². The van der Waals surface area contributed by atoms with E-state index in [2.05, 4.69) is 0 Å². The molecule has 19 heavy (non-hydrogen) atoms. The van der Waals surface area contributed by atoms with Gasteiger partial charge in [-0.25, -0.2) is 0 Å². The lowest BCUT2D eigenvalue weighted by Crippen LogP contribution is -2.48. The summed E-state index contributed by atoms with van der Waals surface area (Å²) in [6, 6.07) is 0. The second kappa shape index (κ2) is 8.27. The molecule has 110 valence electrons. The quantitative estimate of drug-likeness (QED) is 0.411. The molecule has 0 amide bonds. The summed E-state index contributed by atoms with van der Waals surface area (Å²) in [7, 11) is 0. The van der Waals surface area contributed by atoms with E-state index in [0.29, 0.717) is 13.0 Å². The molecule has 1 saturated heterocycles. The highest BCUT2D eigenvalue weighted by Crippen LogP contribution is 2.33. The zero-order valence-corrected chi connectivity index (χ0v) is 11.7. The van der Waals surface area contributed by atoms with Crippen LogP contribution in [-0.4, -0.2) is 43.3 Å². The fourth-order valence-corrected chi connectivity index (χ4v) is 2.38. The number of ketones is 1. The van der Waals surface area contributed by atoms with Crippen LogP contribution in [0.25, 0.3) is 0 Å². The van der Waals surface area contributed by atoms with Crippen molar-refractivity contribution in [1.82, 2.24) is 0 Å². The number of Topliss-reactive ketones (excluding diaryl/α,β-unsaturated/α-hetero) is 1. The van der Waals surface area contributed by atoms with Crippen LogP contribution < -0.4 is 0 Å². The average Bonchev–Trinajstić information content (AvgIpc) is 2.41. The van der Waals surface area contributed by atoms with E-state index in [4.69, 9.17) is 14.6 Å². The van der Waals surface area contributed by atoms with Gasteiger partial charge in [0.05, 0.1) is 19.8 Å². The van der Waals surface area contributed by atoms with E-state index < -0.39 is 11.4 Å². The first-order valence-electron chi connectivity index (χ1n) is 7.06. The highest BCUT2D eigenvalue weighted by molar-refractivity contribution is 6.04. The van der Waals surface area contributed by atoms with Crippen molar-refractivity contribution in [3.05, 3.63) is 0 Å². The smallest absolute Gasteiger partial charge is 0.322 e. The van der Waals surface area contributed by atoms with E-state index in [-0.39, 0.29) is 32.0 Å². The molecule has 0 aliphatic carbocycles. The number of aliphatic hydroxyl groups excluding tert-OH is 1. The standard InChI is InChI=1S/C14H24O5/c1-2-19-13(17)14(8-5-3-4-6-9-15)11-18-10-7-12(14)16/h15H,2-11H2,1H3. The van der Waals surface area contributed by atoms with Gasteiger partial charge in [-0.1, -0.05) is 19.3 Å². The van der Waals surface area contributed by atoms with Crippen LogP contribution in [0.3, 0.4) is 0 Å². The summed E-state index contributed by atoms with van der Waals surface area (Å²) in [6.07, 6.45) is 4.11. The number of carbonyl (C=O) groups is 2. The van der Waals surface area contributed by atoms with Crippen LogP contribution in [0.15, 0.2) is 0 Å². The molecule has 1 fully saturated rings. The lowest BCUT2D eigenvalue weighted by atomic mass is 9.77. The predicted molar refractivity (Wildman–Crippen MR) is 69.7 cm³/mol. The van der Waals surface area contributed by atoms with Crippen LogP contribution in [0.1, 0.15) is 45.4 Å². The summed E-state index contributed by atoms with van der Waals surface area (Å²) < 4.78 is 10.4. The second-order valence-electron chi connectivity index (χ2n) is 4.92. The molecule has 1 N–H and O–H groups in total. The van der Waals surface area contributed by atoms with Crippen LogP contribution in [0, 0.1) is 5.41 Å². The first-order chi connectivity index (χ1) is 9.17. The molecule has 1 aliphatic heterocycles. The summed E-state index contributed by atoms with van der Waals surface area (Å²) in [6.45, 7) is 2.74. The van der Waals surface area contributed by atoms with E-state index >= 15 is 0 Å². The lowest BCUT2D eigenvalue weighted by Gasteiger charge is -2.33. The van der Waals surface area contributed by atoms with Crippen LogP contribution in [-0.2, 0) is 19.1 Å². The van der Waals surface area contributed by atoms with Gasteiger partial charge < -0.3 is 14.6 Å². The van der Waals surface area contributed by atoms with Crippen molar-refractivity contribution in [1.29, 1.82) is 0 Å². The van der Waals surface area contributed by atoms with Gasteiger partial charge in [-0.3, -0.25) is 9.59 Å². The number of esters is 1. The van der Waals surface area contributed by atoms with Gasteiger partial charge in [0.15, 0.2) is 5.78 Å². The molecule has 1 unspecified atom stereocenters. The van der Waals surface area contributed by atoms with Crippen LogP contribution >= 0.6 is 0 Å². The molecule has 0 aromatic heterocycles. The maximum absolute atomic E-state index is 12.1. The Balaban J connectivity index is 2.58. The Labute approximate surface area is 114 Å². The average molecular weight is 272 g/mol. The highest BCUT2D eigenvalue weighted by atomic mass is 16.5. The Kier molecular flexibility index (Phi) is 7.02. The van der Waals surface area contributed by atoms with Gasteiger partial charge in [-0.05, 0) is 19.8 Å². The topological polar surface area (TPSA) is 72.8 Å². The molecule has 0 aromatic carbocycles. The molecule has 0 aromatic rings. The van der Waals surface area contributed by atoms with Crippen molar-refractivity contribution in [2.75, 3.05) is 26.4 Å². The van der Waals surface area contributed by atoms with Crippen molar-refractivity contribution in [2.45, 2.75) is 45.4 Å². The molecular formula is C14H24O5. The summed E-state index contributed by atoms with van der Waals surface area (Å²) in [5, 5.41) is 8.72. The van der Waals surface area contributed by atoms with Gasteiger partial charge in [0, 0.05) is 13.0 Å². The number of hydrogen-bond donors (Lipinski definition) is 1. The van der Waals surface area contributed by atoms with E-state index in [0.717, 1.165) is 25.7 Å². The lowest BCUT2D eigenvalue weighted by molar-refractivity contribution is -0.169. The van der Waals surface area contributed by atoms with E-state index in [1.54, 1.807) is 6.92 Å². The molecule has 5 nitrogen and oxygen atoms in total. The van der Waals surface area contributed by atoms with Crippen LogP contribution in [0.4, 0.5) is 0 Å². The monoisotopic (exact) mass is 272 g/mol. The summed E-state index contributed by atoms with van der Waals surface area (Å²) >= 11 is 0. The van der Waals surface area contributed by atoms with Crippen molar-refractivity contribution in [3.63, 3.8) is 0 Å². The molecule has 5 heteroatoms. The number of aliphatic hydroxyl groups is 1. The number of rotatable bonds is 8. The largest absolute Gasteiger partial charge is 0.465 e. The zero-order valence-electron chi connectivity index (χ0n) is 11.7. The van der Waals surface area contributed by atoms with Gasteiger partial charge in [0.2, 0.25) is 0 Å². The van der Waals surface area contributed by atoms with Crippen LogP contribution in [0.5, 0.6) is 0 Å². The fourth-order valence-electron chi connectivity index (χ4n) is 2.38. The molecule has 1 heterocycles. The molecule has 1 rings (SSSR count). The molecule has 0 bridgehead atoms. The Hall–Kier alpha value is -0.940. The van der Waals surface area contributed by atoms with Crippen molar-refractivity contribution in [3.8, 4) is 0 Å². The number of ether oxygens (including phenoxy) is 2. The maximum atomic E-state index is 12.1. The summed E-state index contributed by atoms with van der Waals surface area (Å²) in [5.74, 6) is -0.499. The maximum Gasteiger partial charge on any atom is 0.322 e. The molecule has 0 spiro atoms. The van der Waals surface area contributed by atoms with E-state index in [9.17, 15) is 9.59 Å². The predicted octanol–water partition coefficient (Wildman–Crippen LogP) is 1.47. The van der Waals surface area contributed by atoms with E-state index in [1.807, 2.05) is 0 Å². The number of hydrogen-bond acceptors (Lipinski definition) is 5. The summed E-state index contributed by atoms with van der Waals surface area (Å²) in [5.41, 5.74) is -1.09. The minimum Gasteiger partial charge on any atom is -0.465 e. The van der Waals surface area contributed by atoms with Gasteiger partial charge >= 0.3 is 5.97 Å². The third-order valence-electron chi connectivity index (χ3n) is 3.53. The summed E-state index contributed by atoms with van der Waals surface area (Å²) in [4.78, 5) is 24.2. The van der Waals surface area contributed by atoms with Crippen molar-refractivity contribution in [2.24, 2.45) is 5.41 Å². The van der Waals surface area contributed by atoms with Gasteiger partial charge in [0.1, 0.15) is 5.41 Å². The molecule has 1 aliphatic rings. The highest BCUT2D eigenvalue weighted by Gasteiger charge is 2.48. The third-order valence-corrected chi connectivity index (χ3v) is 3.53. The number of unbranched alkanes of at least 4 members (excludes halogenated alkanes) is 3. The van der Waals surface area contributed by atoms with Gasteiger partial charge in [-0.2, -0.15) is 0 Å². The number of carbonyl (C=O) groups excluding carboxylic acids is 2. The first kappa shape index (κ1) is 16.1. The van der Waals surface area contributed by atoms with Crippen LogP contribution in [0.2, 0.25) is 0 Å². The second-order valence-corrected chi connectivity index (χ2v) is 4.92. The molecule has 1 atom stereocenters. The van der Waals surface area contributed by atoms with Gasteiger partial charge in [0.25, 0.3) is 0 Å².